The quantitative estimate of drug-likeness (QED) is 0.736. The van der Waals surface area contributed by atoms with E-state index in [1.165, 1.54) is 0 Å². The van der Waals surface area contributed by atoms with Gasteiger partial charge in [-0.05, 0) is 0 Å². The normalized spacial score (nSPS) is 10.0. The summed E-state index contributed by atoms with van der Waals surface area (Å²) >= 11 is 6.54. The van der Waals surface area contributed by atoms with E-state index >= 15 is 0 Å². The second kappa shape index (κ2) is 4.71. The van der Waals surface area contributed by atoms with Gasteiger partial charge in [0.05, 0.1) is 29.3 Å². The van der Waals surface area contributed by atoms with Crippen molar-refractivity contribution in [3.63, 3.8) is 0 Å². The van der Waals surface area contributed by atoms with Crippen LogP contribution in [0.4, 0.5) is 0 Å². The van der Waals surface area contributed by atoms with E-state index in [1.54, 1.807) is 0 Å². The number of nitrogens with zero attached hydrogens (tertiary/aromatic N) is 2. The first-order valence-corrected chi connectivity index (χ1v) is 4.59. The number of rotatable bonds is 3. The van der Waals surface area contributed by atoms with Crippen LogP contribution in [0.1, 0.15) is 12.8 Å². The molecular formula is C6H6Br2N2. The molecule has 10 heavy (non-hydrogen) atoms. The Balaban J connectivity index is 4.00. The zero-order chi connectivity index (χ0) is 8.04. The minimum atomic E-state index is -0.351. The van der Waals surface area contributed by atoms with E-state index in [0.717, 1.165) is 0 Å². The van der Waals surface area contributed by atoms with Gasteiger partial charge in [0.1, 0.15) is 0 Å². The van der Waals surface area contributed by atoms with E-state index in [4.69, 9.17) is 10.5 Å². The lowest BCUT2D eigenvalue weighted by molar-refractivity contribution is 0.708. The predicted octanol–water partition coefficient (Wildman–Crippen LogP) is 2.34. The lowest BCUT2D eigenvalue weighted by atomic mass is 10.1. The van der Waals surface area contributed by atoms with E-state index in [0.29, 0.717) is 18.2 Å². The van der Waals surface area contributed by atoms with Crippen molar-refractivity contribution in [2.24, 2.45) is 0 Å². The second-order valence-electron chi connectivity index (χ2n) is 1.95. The zero-order valence-corrected chi connectivity index (χ0v) is 8.44. The Morgan fingerprint density at radius 1 is 1.20 bits per heavy atom. The maximum Gasteiger partial charge on any atom is 0.0637 e. The molecule has 0 aliphatic rings. The van der Waals surface area contributed by atoms with Gasteiger partial charge in [-0.15, -0.1) is 0 Å². The lowest BCUT2D eigenvalue weighted by Gasteiger charge is -2.16. The Hall–Kier alpha value is -0.0600. The molecule has 0 atom stereocenters. The summed E-state index contributed by atoms with van der Waals surface area (Å²) in [5.41, 5.74) is 0. The number of alkyl halides is 2. The summed E-state index contributed by atoms with van der Waals surface area (Å²) in [6.45, 7) is 0. The first-order valence-electron chi connectivity index (χ1n) is 2.67. The van der Waals surface area contributed by atoms with Crippen molar-refractivity contribution in [3.05, 3.63) is 0 Å². The molecule has 0 aliphatic heterocycles. The largest absolute Gasteiger partial charge is 0.198 e. The molecule has 0 aliphatic carbocycles. The smallest absolute Gasteiger partial charge is 0.0637 e. The maximum absolute atomic E-state index is 8.35. The molecule has 0 bridgehead atoms. The fourth-order valence-electron chi connectivity index (χ4n) is 0.440. The van der Waals surface area contributed by atoms with Crippen molar-refractivity contribution < 1.29 is 0 Å². The molecule has 0 aromatic carbocycles. The highest BCUT2D eigenvalue weighted by atomic mass is 79.9. The fourth-order valence-corrected chi connectivity index (χ4v) is 1.09. The molecule has 0 fully saturated rings. The average molecular weight is 266 g/mol. The van der Waals surface area contributed by atoms with Crippen molar-refractivity contribution in [3.8, 4) is 12.1 Å². The van der Waals surface area contributed by atoms with Gasteiger partial charge < -0.3 is 0 Å². The van der Waals surface area contributed by atoms with Gasteiger partial charge in [-0.25, -0.2) is 0 Å². The van der Waals surface area contributed by atoms with Gasteiger partial charge >= 0.3 is 0 Å². The summed E-state index contributed by atoms with van der Waals surface area (Å²) in [6, 6.07) is 4.03. The third kappa shape index (κ3) is 3.20. The molecule has 0 amide bonds. The topological polar surface area (TPSA) is 47.6 Å². The SMILES string of the molecule is N#CCC(Br)(CBr)CC#N. The van der Waals surface area contributed by atoms with E-state index in [2.05, 4.69) is 31.9 Å². The molecule has 0 heterocycles. The summed E-state index contributed by atoms with van der Waals surface area (Å²) in [6.07, 6.45) is 0.706. The fraction of sp³-hybridized carbons (Fsp3) is 0.667. The molecule has 0 saturated carbocycles. The van der Waals surface area contributed by atoms with Gasteiger partial charge in [0.15, 0.2) is 0 Å². The standard InChI is InChI=1S/C6H6Br2N2/c7-5-6(8,1-3-9)2-4-10/h1-2,5H2. The summed E-state index contributed by atoms with van der Waals surface area (Å²) in [5, 5.41) is 17.3. The minimum absolute atomic E-state index is 0.351. The molecule has 0 aromatic heterocycles. The van der Waals surface area contributed by atoms with Crippen LogP contribution >= 0.6 is 31.9 Å². The molecule has 0 aromatic rings. The van der Waals surface area contributed by atoms with Crippen LogP contribution in [0.2, 0.25) is 0 Å². The van der Waals surface area contributed by atoms with E-state index < -0.39 is 0 Å². The van der Waals surface area contributed by atoms with Gasteiger partial charge in [-0.3, -0.25) is 0 Å². The highest BCUT2D eigenvalue weighted by Gasteiger charge is 2.24. The van der Waals surface area contributed by atoms with Crippen LogP contribution in [0, 0.1) is 22.7 Å². The van der Waals surface area contributed by atoms with Crippen molar-refractivity contribution in [1.82, 2.24) is 0 Å². The average Bonchev–Trinajstić information content (AvgIpc) is 1.89. The Kier molecular flexibility index (Phi) is 4.68. The summed E-state index contributed by atoms with van der Waals surface area (Å²) < 4.78 is -0.351. The first kappa shape index (κ1) is 9.94. The Bertz CT molecular complexity index is 161. The highest BCUT2D eigenvalue weighted by Crippen LogP contribution is 2.27. The lowest BCUT2D eigenvalue weighted by Crippen LogP contribution is -2.20. The number of hydrogen-bond donors (Lipinski definition) is 0. The summed E-state index contributed by atoms with van der Waals surface area (Å²) in [7, 11) is 0. The van der Waals surface area contributed by atoms with Gasteiger partial charge in [-0.1, -0.05) is 31.9 Å². The first-order chi connectivity index (χ1) is 4.68. The van der Waals surface area contributed by atoms with Crippen LogP contribution in [-0.2, 0) is 0 Å². The van der Waals surface area contributed by atoms with Crippen LogP contribution in [0.3, 0.4) is 0 Å². The molecule has 54 valence electrons. The Morgan fingerprint density at radius 3 is 1.80 bits per heavy atom. The molecule has 0 saturated heterocycles. The summed E-state index contributed by atoms with van der Waals surface area (Å²) in [4.78, 5) is 0. The molecule has 0 spiro atoms. The third-order valence-electron chi connectivity index (χ3n) is 1.03. The molecule has 0 radical (unpaired) electrons. The second-order valence-corrected chi connectivity index (χ2v) is 4.20. The van der Waals surface area contributed by atoms with Crippen LogP contribution in [0.5, 0.6) is 0 Å². The molecule has 2 nitrogen and oxygen atoms in total. The van der Waals surface area contributed by atoms with Crippen molar-refractivity contribution in [1.29, 1.82) is 10.5 Å². The van der Waals surface area contributed by atoms with E-state index in [9.17, 15) is 0 Å². The van der Waals surface area contributed by atoms with Gasteiger partial charge in [0.2, 0.25) is 0 Å². The Morgan fingerprint density at radius 2 is 1.60 bits per heavy atom. The number of hydrogen-bond acceptors (Lipinski definition) is 2. The van der Waals surface area contributed by atoms with Crippen LogP contribution in [-0.4, -0.2) is 9.65 Å². The van der Waals surface area contributed by atoms with Gasteiger partial charge in [-0.2, -0.15) is 10.5 Å². The monoisotopic (exact) mass is 264 g/mol. The summed E-state index contributed by atoms with van der Waals surface area (Å²) in [5.74, 6) is 0. The highest BCUT2D eigenvalue weighted by molar-refractivity contribution is 9.12. The van der Waals surface area contributed by atoms with Crippen LogP contribution < -0.4 is 0 Å². The maximum atomic E-state index is 8.35. The molecule has 4 heteroatoms. The molecule has 0 unspecified atom stereocenters. The zero-order valence-electron chi connectivity index (χ0n) is 5.27. The number of nitriles is 2. The van der Waals surface area contributed by atoms with Crippen molar-refractivity contribution in [2.45, 2.75) is 17.2 Å². The van der Waals surface area contributed by atoms with Crippen LogP contribution in [0.15, 0.2) is 0 Å². The van der Waals surface area contributed by atoms with Crippen molar-refractivity contribution in [2.75, 3.05) is 5.33 Å². The van der Waals surface area contributed by atoms with Crippen LogP contribution in [0.25, 0.3) is 0 Å². The Labute approximate surface area is 77.1 Å². The van der Waals surface area contributed by atoms with Gasteiger partial charge in [0.25, 0.3) is 0 Å². The van der Waals surface area contributed by atoms with Crippen molar-refractivity contribution >= 4 is 31.9 Å². The molecule has 0 N–H and O–H groups in total. The van der Waals surface area contributed by atoms with Gasteiger partial charge in [0, 0.05) is 5.33 Å². The molecular weight excluding hydrogens is 260 g/mol. The van der Waals surface area contributed by atoms with E-state index in [1.807, 2.05) is 12.1 Å². The predicted molar refractivity (Wildman–Crippen MR) is 45.9 cm³/mol. The third-order valence-corrected chi connectivity index (χ3v) is 3.70. The molecule has 0 rings (SSSR count). The number of halogens is 2. The minimum Gasteiger partial charge on any atom is -0.198 e. The van der Waals surface area contributed by atoms with E-state index in [-0.39, 0.29) is 4.32 Å².